The van der Waals surface area contributed by atoms with Crippen molar-refractivity contribution in [2.75, 3.05) is 25.5 Å². The minimum absolute atomic E-state index is 0.00609. The molecule has 2 aromatic carbocycles. The summed E-state index contributed by atoms with van der Waals surface area (Å²) in [5, 5.41) is 5.60. The maximum absolute atomic E-state index is 13.2. The Morgan fingerprint density at radius 1 is 1.15 bits per heavy atom. The molecule has 0 spiro atoms. The monoisotopic (exact) mass is 491 g/mol. The van der Waals surface area contributed by atoms with Crippen LogP contribution in [0.5, 0.6) is 5.75 Å². The normalized spacial score (nSPS) is 17.7. The number of nitrogens with zero attached hydrogens (tertiary/aromatic N) is 1. The quantitative estimate of drug-likeness (QED) is 0.591. The molecule has 1 fully saturated rings. The number of ether oxygens (including phenoxy) is 1. The number of carbonyl (C=O) groups is 2. The lowest BCUT2D eigenvalue weighted by Gasteiger charge is -2.32. The molecule has 1 saturated heterocycles. The molecule has 0 saturated carbocycles. The predicted molar refractivity (Wildman–Crippen MR) is 126 cm³/mol. The van der Waals surface area contributed by atoms with Gasteiger partial charge in [0, 0.05) is 24.8 Å². The molecule has 1 aliphatic rings. The van der Waals surface area contributed by atoms with E-state index < -0.39 is 27.8 Å². The Morgan fingerprint density at radius 3 is 2.50 bits per heavy atom. The standard InChI is InChI=1S/C24H30FN3O5S/c1-16(2)22(24(30)26-19-7-4-8-20(14-19)33-3)27-23(29)17-6-5-13-28(15-17)34(31,32)21-11-9-18(25)10-12-21/h4,7-12,14,16-17,22H,5-6,13,15H2,1-3H3,(H,26,30)(H,27,29). The van der Waals surface area contributed by atoms with Gasteiger partial charge in [0.2, 0.25) is 21.8 Å². The molecule has 1 heterocycles. The van der Waals surface area contributed by atoms with E-state index in [1.54, 1.807) is 24.3 Å². The second-order valence-corrected chi connectivity index (χ2v) is 10.5. The Bertz CT molecular complexity index is 1120. The number of benzene rings is 2. The van der Waals surface area contributed by atoms with E-state index in [-0.39, 0.29) is 35.7 Å². The van der Waals surface area contributed by atoms with Crippen molar-refractivity contribution in [2.45, 2.75) is 37.6 Å². The summed E-state index contributed by atoms with van der Waals surface area (Å²) in [5.41, 5.74) is 0.540. The van der Waals surface area contributed by atoms with Crippen LogP contribution in [0.25, 0.3) is 0 Å². The van der Waals surface area contributed by atoms with Crippen molar-refractivity contribution in [3.8, 4) is 5.75 Å². The van der Waals surface area contributed by atoms with E-state index in [1.807, 2.05) is 13.8 Å². The molecule has 2 N–H and O–H groups in total. The number of hydrogen-bond donors (Lipinski definition) is 2. The molecule has 0 aromatic heterocycles. The minimum Gasteiger partial charge on any atom is -0.497 e. The van der Waals surface area contributed by atoms with Gasteiger partial charge in [0.25, 0.3) is 0 Å². The van der Waals surface area contributed by atoms with Crippen LogP contribution < -0.4 is 15.4 Å². The third kappa shape index (κ3) is 6.12. The highest BCUT2D eigenvalue weighted by atomic mass is 32.2. The van der Waals surface area contributed by atoms with E-state index in [4.69, 9.17) is 4.74 Å². The number of sulfonamides is 1. The number of halogens is 1. The van der Waals surface area contributed by atoms with Crippen molar-refractivity contribution in [3.63, 3.8) is 0 Å². The summed E-state index contributed by atoms with van der Waals surface area (Å²) < 4.78 is 45.5. The Hall–Kier alpha value is -2.98. The molecule has 8 nitrogen and oxygen atoms in total. The summed E-state index contributed by atoms with van der Waals surface area (Å²) in [4.78, 5) is 25.9. The number of carbonyl (C=O) groups excluding carboxylic acids is 2. The molecule has 10 heteroatoms. The fourth-order valence-electron chi connectivity index (χ4n) is 3.86. The smallest absolute Gasteiger partial charge is 0.247 e. The van der Waals surface area contributed by atoms with Gasteiger partial charge in [-0.1, -0.05) is 19.9 Å². The maximum Gasteiger partial charge on any atom is 0.247 e. The summed E-state index contributed by atoms with van der Waals surface area (Å²) in [6, 6.07) is 10.7. The average molecular weight is 492 g/mol. The maximum atomic E-state index is 13.2. The van der Waals surface area contributed by atoms with Crippen molar-refractivity contribution in [2.24, 2.45) is 11.8 Å². The van der Waals surface area contributed by atoms with Gasteiger partial charge in [-0.05, 0) is 55.2 Å². The Balaban J connectivity index is 1.68. The Morgan fingerprint density at radius 2 is 1.85 bits per heavy atom. The molecule has 2 unspecified atom stereocenters. The van der Waals surface area contributed by atoms with Crippen molar-refractivity contribution in [1.29, 1.82) is 0 Å². The van der Waals surface area contributed by atoms with Crippen molar-refractivity contribution in [1.82, 2.24) is 9.62 Å². The molecule has 184 valence electrons. The number of rotatable bonds is 8. The van der Waals surface area contributed by atoms with E-state index in [0.29, 0.717) is 24.3 Å². The lowest BCUT2D eigenvalue weighted by atomic mass is 9.96. The lowest BCUT2D eigenvalue weighted by molar-refractivity contribution is -0.130. The molecule has 2 amide bonds. The molecule has 0 bridgehead atoms. The summed E-state index contributed by atoms with van der Waals surface area (Å²) in [5.74, 6) is -1.48. The van der Waals surface area contributed by atoms with Gasteiger partial charge in [0.05, 0.1) is 17.9 Å². The van der Waals surface area contributed by atoms with Crippen LogP contribution >= 0.6 is 0 Å². The van der Waals surface area contributed by atoms with E-state index in [9.17, 15) is 22.4 Å². The highest BCUT2D eigenvalue weighted by molar-refractivity contribution is 7.89. The van der Waals surface area contributed by atoms with E-state index >= 15 is 0 Å². The largest absolute Gasteiger partial charge is 0.497 e. The summed E-state index contributed by atoms with van der Waals surface area (Å²) in [6.45, 7) is 3.91. The van der Waals surface area contributed by atoms with Gasteiger partial charge in [0.1, 0.15) is 17.6 Å². The molecule has 34 heavy (non-hydrogen) atoms. The van der Waals surface area contributed by atoms with Gasteiger partial charge in [-0.25, -0.2) is 12.8 Å². The van der Waals surface area contributed by atoms with Crippen LogP contribution in [0.2, 0.25) is 0 Å². The number of hydrogen-bond acceptors (Lipinski definition) is 5. The van der Waals surface area contributed by atoms with Crippen molar-refractivity contribution < 1.29 is 27.1 Å². The van der Waals surface area contributed by atoms with Gasteiger partial charge in [-0.2, -0.15) is 4.31 Å². The fraction of sp³-hybridized carbons (Fsp3) is 0.417. The number of anilines is 1. The van der Waals surface area contributed by atoms with Gasteiger partial charge in [-0.15, -0.1) is 0 Å². The molecule has 1 aliphatic heterocycles. The van der Waals surface area contributed by atoms with Crippen LogP contribution in [0.3, 0.4) is 0 Å². The van der Waals surface area contributed by atoms with E-state index in [2.05, 4.69) is 10.6 Å². The highest BCUT2D eigenvalue weighted by Crippen LogP contribution is 2.25. The third-order valence-corrected chi connectivity index (χ3v) is 7.67. The van der Waals surface area contributed by atoms with Crippen molar-refractivity contribution >= 4 is 27.5 Å². The molecule has 2 atom stereocenters. The zero-order valence-corrected chi connectivity index (χ0v) is 20.3. The van der Waals surface area contributed by atoms with Gasteiger partial charge in [0.15, 0.2) is 0 Å². The van der Waals surface area contributed by atoms with E-state index in [0.717, 1.165) is 12.1 Å². The zero-order chi connectivity index (χ0) is 24.9. The summed E-state index contributed by atoms with van der Waals surface area (Å²) in [7, 11) is -2.33. The first-order chi connectivity index (χ1) is 16.1. The van der Waals surface area contributed by atoms with Crippen LogP contribution in [0.15, 0.2) is 53.4 Å². The lowest BCUT2D eigenvalue weighted by Crippen LogP contribution is -2.52. The van der Waals surface area contributed by atoms with E-state index in [1.165, 1.54) is 23.5 Å². The number of methoxy groups -OCH3 is 1. The SMILES string of the molecule is COc1cccc(NC(=O)C(NC(=O)C2CCCN(S(=O)(=O)c3ccc(F)cc3)C2)C(C)C)c1. The Labute approximate surface area is 199 Å². The molecule has 3 rings (SSSR count). The van der Waals surface area contributed by atoms with Gasteiger partial charge < -0.3 is 15.4 Å². The number of amides is 2. The van der Waals surface area contributed by atoms with Crippen LogP contribution in [0.4, 0.5) is 10.1 Å². The number of piperidine rings is 1. The number of nitrogens with one attached hydrogen (secondary N) is 2. The summed E-state index contributed by atoms with van der Waals surface area (Å²) in [6.07, 6.45) is 1.00. The van der Waals surface area contributed by atoms with Crippen molar-refractivity contribution in [3.05, 3.63) is 54.3 Å². The van der Waals surface area contributed by atoms with Gasteiger partial charge in [-0.3, -0.25) is 9.59 Å². The predicted octanol–water partition coefficient (Wildman–Crippen LogP) is 3.01. The van der Waals surface area contributed by atoms with Crippen LogP contribution in [0.1, 0.15) is 26.7 Å². The molecule has 0 aliphatic carbocycles. The second-order valence-electron chi connectivity index (χ2n) is 8.61. The second kappa shape index (κ2) is 11.0. The first kappa shape index (κ1) is 25.6. The first-order valence-corrected chi connectivity index (χ1v) is 12.6. The van der Waals surface area contributed by atoms with Crippen LogP contribution in [-0.2, 0) is 19.6 Å². The molecular formula is C24H30FN3O5S. The van der Waals surface area contributed by atoms with Crippen LogP contribution in [-0.4, -0.2) is 50.8 Å². The minimum atomic E-state index is -3.86. The zero-order valence-electron chi connectivity index (χ0n) is 19.5. The topological polar surface area (TPSA) is 105 Å². The average Bonchev–Trinajstić information content (AvgIpc) is 2.82. The summed E-state index contributed by atoms with van der Waals surface area (Å²) >= 11 is 0. The fourth-order valence-corrected chi connectivity index (χ4v) is 5.38. The third-order valence-electron chi connectivity index (χ3n) is 5.79. The molecule has 0 radical (unpaired) electrons. The van der Waals surface area contributed by atoms with Crippen LogP contribution in [0, 0.1) is 17.7 Å². The Kier molecular flexibility index (Phi) is 8.27. The first-order valence-electron chi connectivity index (χ1n) is 11.1. The highest BCUT2D eigenvalue weighted by Gasteiger charge is 2.35. The van der Waals surface area contributed by atoms with Gasteiger partial charge >= 0.3 is 0 Å². The molecular weight excluding hydrogens is 461 g/mol. The molecule has 2 aromatic rings.